The third-order valence-corrected chi connectivity index (χ3v) is 7.24. The van der Waals surface area contributed by atoms with E-state index in [2.05, 4.69) is 22.0 Å². The molecule has 43 heavy (non-hydrogen) atoms. The van der Waals surface area contributed by atoms with Gasteiger partial charge in [0.2, 0.25) is 0 Å². The topological polar surface area (TPSA) is 127 Å². The third kappa shape index (κ3) is 10.2. The highest BCUT2D eigenvalue weighted by molar-refractivity contribution is 5.92. The number of halogens is 1. The Balaban J connectivity index is 0.000000293. The minimum Gasteiger partial charge on any atom is -0.493 e. The molecule has 0 aromatic heterocycles. The fraction of sp³-hybridized carbons (Fsp3) is 0.452. The molecule has 2 atom stereocenters. The number of likely N-dealkylation sites (N-methyl/N-ethyl adjacent to an activating group) is 1. The second-order valence-electron chi connectivity index (χ2n) is 10.2. The van der Waals surface area contributed by atoms with Crippen LogP contribution in [0.25, 0.3) is 0 Å². The summed E-state index contributed by atoms with van der Waals surface area (Å²) in [5.41, 5.74) is 2.72. The highest BCUT2D eigenvalue weighted by atomic mass is 35.5. The molecule has 0 aliphatic carbocycles. The van der Waals surface area contributed by atoms with E-state index in [1.165, 1.54) is 19.2 Å². The molecule has 12 heteroatoms. The first-order valence-electron chi connectivity index (χ1n) is 14.0. The minimum absolute atomic E-state index is 0. The number of esters is 1. The van der Waals surface area contributed by atoms with Crippen molar-refractivity contribution < 1.29 is 29.0 Å². The number of β-amino-alcohol motifs (C(OH)–C–C–N with tert-alkyl or cyclic N) is 1. The van der Waals surface area contributed by atoms with Gasteiger partial charge < -0.3 is 29.5 Å². The summed E-state index contributed by atoms with van der Waals surface area (Å²) < 4.78 is 15.7. The molecular weight excluding hydrogens is 576 g/mol. The summed E-state index contributed by atoms with van der Waals surface area (Å²) in [6, 6.07) is 13.8. The van der Waals surface area contributed by atoms with Crippen LogP contribution in [-0.2, 0) is 9.53 Å². The van der Waals surface area contributed by atoms with Crippen LogP contribution < -0.4 is 14.8 Å². The van der Waals surface area contributed by atoms with Gasteiger partial charge in [0.15, 0.2) is 11.5 Å². The number of aliphatic hydroxyl groups is 1. The van der Waals surface area contributed by atoms with Crippen LogP contribution in [0.3, 0.4) is 0 Å². The zero-order valence-corrected chi connectivity index (χ0v) is 26.3. The van der Waals surface area contributed by atoms with Crippen molar-refractivity contribution in [2.24, 2.45) is 0 Å². The van der Waals surface area contributed by atoms with Crippen LogP contribution in [0.15, 0.2) is 71.6 Å². The van der Waals surface area contributed by atoms with Gasteiger partial charge in [0.05, 0.1) is 24.7 Å². The predicted molar refractivity (Wildman–Crippen MR) is 168 cm³/mol. The number of rotatable bonds is 10. The monoisotopic (exact) mass is 618 g/mol. The van der Waals surface area contributed by atoms with E-state index in [0.717, 1.165) is 38.4 Å². The summed E-state index contributed by atoms with van der Waals surface area (Å²) in [6.07, 6.45) is 1.38. The molecule has 2 aromatic carbocycles. The molecule has 2 heterocycles. The zero-order chi connectivity index (χ0) is 30.6. The SMILES string of the molecule is CCN1CCN(CC(O)COc2ccccc2OC)CC1.COC(=O)C1=C(C)NC(C)=CC1c1cccc([N+](=O)[O-])c1.Cl. The van der Waals surface area contributed by atoms with Gasteiger partial charge >= 0.3 is 5.97 Å². The van der Waals surface area contributed by atoms with Crippen molar-refractivity contribution >= 4 is 24.1 Å². The van der Waals surface area contributed by atoms with Crippen LogP contribution in [0, 0.1) is 10.1 Å². The lowest BCUT2D eigenvalue weighted by atomic mass is 9.86. The lowest BCUT2D eigenvalue weighted by molar-refractivity contribution is -0.384. The van der Waals surface area contributed by atoms with Gasteiger partial charge in [-0.1, -0.05) is 37.3 Å². The Kier molecular flexibility index (Phi) is 14.4. The van der Waals surface area contributed by atoms with E-state index >= 15 is 0 Å². The summed E-state index contributed by atoms with van der Waals surface area (Å²) >= 11 is 0. The van der Waals surface area contributed by atoms with Gasteiger partial charge in [-0.05, 0) is 38.1 Å². The molecule has 2 aromatic rings. The first kappa shape index (κ1) is 35.6. The van der Waals surface area contributed by atoms with Gasteiger partial charge in [0.25, 0.3) is 5.69 Å². The molecule has 0 spiro atoms. The van der Waals surface area contributed by atoms with Crippen LogP contribution in [-0.4, -0.2) is 92.0 Å². The summed E-state index contributed by atoms with van der Waals surface area (Å²) in [6.45, 7) is 12.1. The number of carbonyl (C=O) groups is 1. The van der Waals surface area contributed by atoms with Crippen LogP contribution >= 0.6 is 12.4 Å². The van der Waals surface area contributed by atoms with E-state index < -0.39 is 17.0 Å². The first-order valence-corrected chi connectivity index (χ1v) is 14.0. The molecule has 0 bridgehead atoms. The number of carbonyl (C=O) groups excluding carboxylic acids is 1. The number of non-ortho nitro benzene ring substituents is 1. The second kappa shape index (κ2) is 17.5. The standard InChI is InChI=1S/C16H26N2O3.C15H16N2O4.ClH/c1-3-17-8-10-18(11-9-17)12-14(19)13-21-16-7-5-4-6-15(16)20-2;1-9-7-13(14(10(2)16-9)15(18)21-3)11-5-4-6-12(8-11)17(19)20;/h4-7,14,19H,3,8-13H2,1-2H3;4-8,13,16H,1-3H3;1H. The Labute approximate surface area is 259 Å². The number of hydrogen-bond acceptors (Lipinski definition) is 10. The van der Waals surface area contributed by atoms with Crippen LogP contribution in [0.2, 0.25) is 0 Å². The number of hydrogen-bond donors (Lipinski definition) is 2. The summed E-state index contributed by atoms with van der Waals surface area (Å²) in [5.74, 6) is 0.565. The van der Waals surface area contributed by atoms with Crippen molar-refractivity contribution in [1.82, 2.24) is 15.1 Å². The number of ether oxygens (including phenoxy) is 3. The van der Waals surface area contributed by atoms with E-state index in [0.29, 0.717) is 34.9 Å². The third-order valence-electron chi connectivity index (χ3n) is 7.24. The molecule has 2 N–H and O–H groups in total. The van der Waals surface area contributed by atoms with Gasteiger partial charge in [-0.3, -0.25) is 15.0 Å². The fourth-order valence-corrected chi connectivity index (χ4v) is 5.02. The highest BCUT2D eigenvalue weighted by Gasteiger charge is 2.28. The molecule has 11 nitrogen and oxygen atoms in total. The molecule has 0 radical (unpaired) electrons. The molecule has 1 fully saturated rings. The average Bonchev–Trinajstić information content (AvgIpc) is 3.00. The quantitative estimate of drug-likeness (QED) is 0.228. The Morgan fingerprint density at radius 1 is 1.07 bits per heavy atom. The number of para-hydroxylation sites is 2. The highest BCUT2D eigenvalue weighted by Crippen LogP contribution is 2.34. The number of dihydropyridines is 1. The molecular formula is C31H43ClN4O7. The summed E-state index contributed by atoms with van der Waals surface area (Å²) in [5, 5.41) is 24.1. The normalized spacial score (nSPS) is 17.7. The molecule has 1 saturated heterocycles. The molecule has 0 amide bonds. The van der Waals surface area contributed by atoms with Crippen LogP contribution in [0.1, 0.15) is 32.3 Å². The van der Waals surface area contributed by atoms with Crippen molar-refractivity contribution in [2.45, 2.75) is 32.8 Å². The maximum Gasteiger partial charge on any atom is 0.336 e. The number of benzene rings is 2. The second-order valence-corrected chi connectivity index (χ2v) is 10.2. The number of methoxy groups -OCH3 is 2. The van der Waals surface area contributed by atoms with Gasteiger partial charge in [-0.2, -0.15) is 0 Å². The molecule has 2 unspecified atom stereocenters. The molecule has 2 aliphatic heterocycles. The number of allylic oxidation sites excluding steroid dienone is 3. The van der Waals surface area contributed by atoms with Crippen molar-refractivity contribution in [1.29, 1.82) is 0 Å². The largest absolute Gasteiger partial charge is 0.493 e. The summed E-state index contributed by atoms with van der Waals surface area (Å²) in [7, 11) is 2.93. The number of nitrogens with zero attached hydrogens (tertiary/aromatic N) is 3. The van der Waals surface area contributed by atoms with Crippen LogP contribution in [0.5, 0.6) is 11.5 Å². The molecule has 2 aliphatic rings. The predicted octanol–water partition coefficient (Wildman–Crippen LogP) is 4.13. The number of nitro benzene ring substituents is 1. The maximum absolute atomic E-state index is 12.0. The Morgan fingerprint density at radius 2 is 1.72 bits per heavy atom. The lowest BCUT2D eigenvalue weighted by Crippen LogP contribution is -2.49. The van der Waals surface area contributed by atoms with E-state index in [1.807, 2.05) is 37.3 Å². The van der Waals surface area contributed by atoms with Crippen molar-refractivity contribution in [2.75, 3.05) is 60.1 Å². The van der Waals surface area contributed by atoms with Crippen molar-refractivity contribution in [3.8, 4) is 11.5 Å². The smallest absolute Gasteiger partial charge is 0.336 e. The molecule has 0 saturated carbocycles. The number of aliphatic hydroxyl groups excluding tert-OH is 1. The average molecular weight is 619 g/mol. The summed E-state index contributed by atoms with van der Waals surface area (Å²) in [4.78, 5) is 27.2. The number of nitrogens with one attached hydrogen (secondary N) is 1. The van der Waals surface area contributed by atoms with Gasteiger partial charge in [-0.15, -0.1) is 12.4 Å². The van der Waals surface area contributed by atoms with Crippen molar-refractivity contribution in [3.63, 3.8) is 0 Å². The molecule has 236 valence electrons. The Bertz CT molecular complexity index is 1280. The Morgan fingerprint density at radius 3 is 2.33 bits per heavy atom. The van der Waals surface area contributed by atoms with E-state index in [-0.39, 0.29) is 30.6 Å². The van der Waals surface area contributed by atoms with E-state index in [1.54, 1.807) is 26.2 Å². The number of nitro groups is 1. The van der Waals surface area contributed by atoms with E-state index in [4.69, 9.17) is 14.2 Å². The molecule has 4 rings (SSSR count). The minimum atomic E-state index is -0.483. The zero-order valence-electron chi connectivity index (χ0n) is 25.4. The fourth-order valence-electron chi connectivity index (χ4n) is 5.02. The van der Waals surface area contributed by atoms with Gasteiger partial charge in [-0.25, -0.2) is 4.79 Å². The van der Waals surface area contributed by atoms with E-state index in [9.17, 15) is 20.0 Å². The number of piperazine rings is 1. The first-order chi connectivity index (χ1) is 20.2. The van der Waals surface area contributed by atoms with Crippen molar-refractivity contribution in [3.05, 3.63) is 87.3 Å². The van der Waals surface area contributed by atoms with Gasteiger partial charge in [0.1, 0.15) is 12.7 Å². The Hall–Kier alpha value is -3.64. The lowest BCUT2D eigenvalue weighted by Gasteiger charge is -2.34. The van der Waals surface area contributed by atoms with Crippen LogP contribution in [0.4, 0.5) is 5.69 Å². The maximum atomic E-state index is 12.0. The van der Waals surface area contributed by atoms with Gasteiger partial charge in [0, 0.05) is 62.2 Å².